The van der Waals surface area contributed by atoms with Gasteiger partial charge in [0.25, 0.3) is 0 Å². The number of aliphatic hydroxyl groups excluding tert-OH is 3. The standard InChI is InChI=1S/C21H34O7/c1-9(2)12-6-5-11(4)15-13(12)7-10(3)8-14(15)27-21-18(24)16(22)17(23)19(28-21)20(25)26/h8-9,11-19,21-24H,5-7H2,1-4H3,(H,25,26)/t11-,12?,13-,14?,15-,16?,17?,18?,19?,21?/m0/s1. The van der Waals surface area contributed by atoms with E-state index in [1.54, 1.807) is 0 Å². The van der Waals surface area contributed by atoms with E-state index in [1.807, 2.05) is 6.08 Å². The number of rotatable bonds is 4. The van der Waals surface area contributed by atoms with E-state index in [0.29, 0.717) is 23.7 Å². The predicted molar refractivity (Wildman–Crippen MR) is 101 cm³/mol. The minimum absolute atomic E-state index is 0.243. The first-order valence-corrected chi connectivity index (χ1v) is 10.4. The second-order valence-electron chi connectivity index (χ2n) is 9.26. The largest absolute Gasteiger partial charge is 0.479 e. The third kappa shape index (κ3) is 4.00. The van der Waals surface area contributed by atoms with Gasteiger partial charge in [0, 0.05) is 0 Å². The summed E-state index contributed by atoms with van der Waals surface area (Å²) >= 11 is 0. The molecule has 0 radical (unpaired) electrons. The first kappa shape index (κ1) is 21.7. The summed E-state index contributed by atoms with van der Waals surface area (Å²) in [6, 6.07) is 0. The Balaban J connectivity index is 1.83. The summed E-state index contributed by atoms with van der Waals surface area (Å²) < 4.78 is 11.5. The molecule has 3 aliphatic rings. The van der Waals surface area contributed by atoms with Crippen molar-refractivity contribution in [1.82, 2.24) is 0 Å². The van der Waals surface area contributed by atoms with Gasteiger partial charge in [0.15, 0.2) is 12.4 Å². The zero-order valence-electron chi connectivity index (χ0n) is 17.1. The van der Waals surface area contributed by atoms with Gasteiger partial charge in [-0.25, -0.2) is 4.79 Å². The van der Waals surface area contributed by atoms with E-state index in [4.69, 9.17) is 9.47 Å². The van der Waals surface area contributed by atoms with Gasteiger partial charge in [-0.1, -0.05) is 38.8 Å². The number of hydrogen-bond acceptors (Lipinski definition) is 6. The Morgan fingerprint density at radius 3 is 2.46 bits per heavy atom. The van der Waals surface area contributed by atoms with Crippen LogP contribution in [-0.4, -0.2) is 63.2 Å². The molecule has 7 unspecified atom stereocenters. The Bertz CT molecular complexity index is 604. The molecule has 160 valence electrons. The maximum atomic E-state index is 11.4. The Hall–Kier alpha value is -0.990. The van der Waals surface area contributed by atoms with Crippen molar-refractivity contribution < 1.29 is 34.7 Å². The Kier molecular flexibility index (Phi) is 6.51. The van der Waals surface area contributed by atoms with Crippen LogP contribution in [0.5, 0.6) is 0 Å². The van der Waals surface area contributed by atoms with E-state index in [0.717, 1.165) is 12.8 Å². The Labute approximate surface area is 166 Å². The van der Waals surface area contributed by atoms with E-state index in [-0.39, 0.29) is 12.0 Å². The molecule has 1 heterocycles. The van der Waals surface area contributed by atoms with Gasteiger partial charge in [-0.15, -0.1) is 0 Å². The van der Waals surface area contributed by atoms with Crippen molar-refractivity contribution in [2.24, 2.45) is 29.6 Å². The lowest BCUT2D eigenvalue weighted by atomic mass is 9.58. The van der Waals surface area contributed by atoms with E-state index >= 15 is 0 Å². The van der Waals surface area contributed by atoms with Gasteiger partial charge in [0.05, 0.1) is 6.10 Å². The molecule has 28 heavy (non-hydrogen) atoms. The molecular formula is C21H34O7. The molecule has 0 aromatic carbocycles. The second kappa shape index (κ2) is 8.40. The summed E-state index contributed by atoms with van der Waals surface area (Å²) in [6.45, 7) is 8.80. The van der Waals surface area contributed by atoms with Crippen LogP contribution in [-0.2, 0) is 14.3 Å². The number of aliphatic hydroxyl groups is 3. The van der Waals surface area contributed by atoms with Crippen molar-refractivity contribution in [2.45, 2.75) is 83.8 Å². The molecule has 1 aliphatic heterocycles. The highest BCUT2D eigenvalue weighted by Crippen LogP contribution is 2.50. The van der Waals surface area contributed by atoms with Crippen LogP contribution in [0.1, 0.15) is 47.0 Å². The van der Waals surface area contributed by atoms with Crippen LogP contribution in [0.3, 0.4) is 0 Å². The molecule has 0 bridgehead atoms. The number of aliphatic carboxylic acids is 1. The summed E-state index contributed by atoms with van der Waals surface area (Å²) in [6.07, 6.45) is -2.78. The van der Waals surface area contributed by atoms with Crippen molar-refractivity contribution in [1.29, 1.82) is 0 Å². The molecule has 7 nitrogen and oxygen atoms in total. The highest BCUT2D eigenvalue weighted by atomic mass is 16.7. The summed E-state index contributed by atoms with van der Waals surface area (Å²) in [5.74, 6) is 0.897. The van der Waals surface area contributed by atoms with Gasteiger partial charge >= 0.3 is 5.97 Å². The van der Waals surface area contributed by atoms with Crippen LogP contribution in [0.4, 0.5) is 0 Å². The van der Waals surface area contributed by atoms with Crippen molar-refractivity contribution in [3.8, 4) is 0 Å². The number of carbonyl (C=O) groups is 1. The van der Waals surface area contributed by atoms with Crippen molar-refractivity contribution in [3.63, 3.8) is 0 Å². The number of allylic oxidation sites excluding steroid dienone is 1. The fourth-order valence-corrected chi connectivity index (χ4v) is 5.53. The van der Waals surface area contributed by atoms with E-state index in [9.17, 15) is 25.2 Å². The van der Waals surface area contributed by atoms with Crippen LogP contribution < -0.4 is 0 Å². The molecule has 0 aromatic rings. The van der Waals surface area contributed by atoms with Gasteiger partial charge in [-0.2, -0.15) is 0 Å². The SMILES string of the molecule is CC1=CC(OC2OC(C(=O)O)C(O)C(O)C2O)[C@H]2[C@@H](C)CCC(C(C)C)[C@@H]2C1. The lowest BCUT2D eigenvalue weighted by molar-refractivity contribution is -0.307. The average Bonchev–Trinajstić information content (AvgIpc) is 2.61. The normalized spacial score (nSPS) is 46.8. The molecule has 4 N–H and O–H groups in total. The minimum atomic E-state index is -1.71. The molecule has 2 aliphatic carbocycles. The summed E-state index contributed by atoms with van der Waals surface area (Å²) in [4.78, 5) is 11.4. The lowest BCUT2D eigenvalue weighted by Crippen LogP contribution is -2.61. The van der Waals surface area contributed by atoms with Crippen molar-refractivity contribution >= 4 is 5.97 Å². The third-order valence-corrected chi connectivity index (χ3v) is 7.00. The number of hydrogen-bond donors (Lipinski definition) is 4. The zero-order chi connectivity index (χ0) is 20.7. The Morgan fingerprint density at radius 2 is 1.86 bits per heavy atom. The van der Waals surface area contributed by atoms with Gasteiger partial charge in [-0.05, 0) is 49.4 Å². The number of fused-ring (bicyclic) bond motifs is 1. The van der Waals surface area contributed by atoms with Crippen molar-refractivity contribution in [3.05, 3.63) is 11.6 Å². The van der Waals surface area contributed by atoms with Crippen LogP contribution >= 0.6 is 0 Å². The fourth-order valence-electron chi connectivity index (χ4n) is 5.53. The maximum Gasteiger partial charge on any atom is 0.335 e. The third-order valence-electron chi connectivity index (χ3n) is 7.00. The average molecular weight is 398 g/mol. The quantitative estimate of drug-likeness (QED) is 0.531. The highest BCUT2D eigenvalue weighted by Gasteiger charge is 2.50. The van der Waals surface area contributed by atoms with E-state index < -0.39 is 36.7 Å². The molecule has 7 heteroatoms. The summed E-state index contributed by atoms with van der Waals surface area (Å²) in [7, 11) is 0. The zero-order valence-corrected chi connectivity index (χ0v) is 17.1. The first-order chi connectivity index (χ1) is 13.1. The molecule has 2 fully saturated rings. The van der Waals surface area contributed by atoms with E-state index in [2.05, 4.69) is 27.7 Å². The van der Waals surface area contributed by atoms with Gasteiger partial charge < -0.3 is 29.9 Å². The number of ether oxygens (including phenoxy) is 2. The van der Waals surface area contributed by atoms with Crippen LogP contribution in [0.15, 0.2) is 11.6 Å². The molecule has 1 saturated carbocycles. The van der Waals surface area contributed by atoms with Crippen LogP contribution in [0.25, 0.3) is 0 Å². The van der Waals surface area contributed by atoms with E-state index in [1.165, 1.54) is 12.0 Å². The molecular weight excluding hydrogens is 364 g/mol. The number of carboxylic acid groups (broad SMARTS) is 1. The van der Waals surface area contributed by atoms with Crippen LogP contribution in [0.2, 0.25) is 0 Å². The molecule has 0 amide bonds. The smallest absolute Gasteiger partial charge is 0.335 e. The molecule has 10 atom stereocenters. The fraction of sp³-hybridized carbons (Fsp3) is 0.857. The number of carboxylic acids is 1. The van der Waals surface area contributed by atoms with Crippen molar-refractivity contribution in [2.75, 3.05) is 0 Å². The maximum absolute atomic E-state index is 11.4. The topological polar surface area (TPSA) is 116 Å². The summed E-state index contributed by atoms with van der Waals surface area (Å²) in [5, 5.41) is 39.6. The van der Waals surface area contributed by atoms with Gasteiger partial charge in [0.2, 0.25) is 0 Å². The lowest BCUT2D eigenvalue weighted by Gasteiger charge is -2.50. The second-order valence-corrected chi connectivity index (χ2v) is 9.26. The molecule has 0 aromatic heterocycles. The highest BCUT2D eigenvalue weighted by molar-refractivity contribution is 5.73. The van der Waals surface area contributed by atoms with Crippen LogP contribution in [0, 0.1) is 29.6 Å². The first-order valence-electron chi connectivity index (χ1n) is 10.4. The molecule has 0 spiro atoms. The van der Waals surface area contributed by atoms with Gasteiger partial charge in [-0.3, -0.25) is 0 Å². The van der Waals surface area contributed by atoms with Gasteiger partial charge in [0.1, 0.15) is 18.3 Å². The minimum Gasteiger partial charge on any atom is -0.479 e. The molecule has 3 rings (SSSR count). The summed E-state index contributed by atoms with van der Waals surface area (Å²) in [5.41, 5.74) is 1.21. The predicted octanol–water partition coefficient (Wildman–Crippen LogP) is 1.55. The Morgan fingerprint density at radius 1 is 1.18 bits per heavy atom. The molecule has 1 saturated heterocycles. The monoisotopic (exact) mass is 398 g/mol.